The van der Waals surface area contributed by atoms with Gasteiger partial charge in [-0.15, -0.1) is 11.3 Å². The second-order valence-corrected chi connectivity index (χ2v) is 6.85. The average molecular weight is 333 g/mol. The standard InChI is InChI=1S/C17H23N3O2S/c1-13(16-7-5-11-23-16)19-17(21)18-12-14(15-6-4-10-22-15)20-8-2-3-9-20/h4-7,10-11,13-14H,2-3,8-9,12H2,1H3,(H2,18,19,21)/t13-,14-/m0/s1. The Hall–Kier alpha value is -1.79. The van der Waals surface area contributed by atoms with Gasteiger partial charge in [-0.05, 0) is 56.4 Å². The van der Waals surface area contributed by atoms with Gasteiger partial charge in [-0.25, -0.2) is 4.79 Å². The molecule has 0 aromatic carbocycles. The molecule has 3 rings (SSSR count). The number of carbonyl (C=O) groups excluding carboxylic acids is 1. The number of urea groups is 1. The Morgan fingerprint density at radius 2 is 2.17 bits per heavy atom. The molecule has 6 heteroatoms. The van der Waals surface area contributed by atoms with Gasteiger partial charge in [0.2, 0.25) is 0 Å². The number of likely N-dealkylation sites (tertiary alicyclic amines) is 1. The minimum atomic E-state index is -0.137. The SMILES string of the molecule is C[C@H](NC(=O)NC[C@@H](c1ccco1)N1CCCC1)c1cccs1. The molecule has 1 fully saturated rings. The molecule has 2 N–H and O–H groups in total. The smallest absolute Gasteiger partial charge is 0.315 e. The Bertz CT molecular complexity index is 591. The number of nitrogens with zero attached hydrogens (tertiary/aromatic N) is 1. The van der Waals surface area contributed by atoms with Gasteiger partial charge in [0.25, 0.3) is 0 Å². The van der Waals surface area contributed by atoms with Crippen LogP contribution in [0, 0.1) is 0 Å². The summed E-state index contributed by atoms with van der Waals surface area (Å²) in [4.78, 5) is 15.7. The van der Waals surface area contributed by atoms with E-state index >= 15 is 0 Å². The van der Waals surface area contributed by atoms with Crippen LogP contribution in [0.1, 0.15) is 42.5 Å². The first-order valence-corrected chi connectivity index (χ1v) is 8.97. The highest BCUT2D eigenvalue weighted by atomic mass is 32.1. The molecule has 1 aliphatic heterocycles. The maximum Gasteiger partial charge on any atom is 0.315 e. The lowest BCUT2D eigenvalue weighted by Crippen LogP contribution is -2.42. The van der Waals surface area contributed by atoms with Gasteiger partial charge < -0.3 is 15.1 Å². The molecule has 0 saturated carbocycles. The average Bonchev–Trinajstić information content (AvgIpc) is 3.30. The summed E-state index contributed by atoms with van der Waals surface area (Å²) in [5.74, 6) is 0.915. The topological polar surface area (TPSA) is 57.5 Å². The van der Waals surface area contributed by atoms with Crippen LogP contribution in [0.4, 0.5) is 4.79 Å². The number of hydrogen-bond acceptors (Lipinski definition) is 4. The van der Waals surface area contributed by atoms with Gasteiger partial charge in [0.05, 0.1) is 18.3 Å². The summed E-state index contributed by atoms with van der Waals surface area (Å²) in [7, 11) is 0. The van der Waals surface area contributed by atoms with E-state index in [-0.39, 0.29) is 18.1 Å². The Morgan fingerprint density at radius 1 is 1.35 bits per heavy atom. The highest BCUT2D eigenvalue weighted by molar-refractivity contribution is 7.10. The molecule has 2 amide bonds. The van der Waals surface area contributed by atoms with E-state index in [4.69, 9.17) is 4.42 Å². The maximum atomic E-state index is 12.2. The Kier molecular flexibility index (Phi) is 5.35. The van der Waals surface area contributed by atoms with Crippen LogP contribution in [-0.2, 0) is 0 Å². The molecule has 0 spiro atoms. The molecule has 2 aromatic rings. The normalized spacial score (nSPS) is 17.8. The minimum Gasteiger partial charge on any atom is -0.468 e. The quantitative estimate of drug-likeness (QED) is 0.850. The zero-order valence-electron chi connectivity index (χ0n) is 13.3. The molecule has 3 heterocycles. The third kappa shape index (κ3) is 4.14. The van der Waals surface area contributed by atoms with Crippen molar-refractivity contribution in [3.63, 3.8) is 0 Å². The fourth-order valence-electron chi connectivity index (χ4n) is 2.99. The fourth-order valence-corrected chi connectivity index (χ4v) is 3.72. The summed E-state index contributed by atoms with van der Waals surface area (Å²) in [6.07, 6.45) is 4.11. The molecule has 2 aromatic heterocycles. The minimum absolute atomic E-state index is 0.0175. The van der Waals surface area contributed by atoms with Crippen molar-refractivity contribution in [2.24, 2.45) is 0 Å². The number of hydrogen-bond donors (Lipinski definition) is 2. The maximum absolute atomic E-state index is 12.2. The molecule has 0 bridgehead atoms. The van der Waals surface area contributed by atoms with Gasteiger partial charge in [-0.3, -0.25) is 4.90 Å². The van der Waals surface area contributed by atoms with E-state index in [2.05, 4.69) is 15.5 Å². The zero-order chi connectivity index (χ0) is 16.1. The van der Waals surface area contributed by atoms with Crippen LogP contribution in [0.3, 0.4) is 0 Å². The Labute approximate surface area is 140 Å². The molecule has 124 valence electrons. The lowest BCUT2D eigenvalue weighted by Gasteiger charge is -2.26. The fraction of sp³-hybridized carbons (Fsp3) is 0.471. The highest BCUT2D eigenvalue weighted by Gasteiger charge is 2.26. The second-order valence-electron chi connectivity index (χ2n) is 5.87. The number of thiophene rings is 1. The summed E-state index contributed by atoms with van der Waals surface area (Å²) >= 11 is 1.65. The van der Waals surface area contributed by atoms with Gasteiger partial charge in [-0.1, -0.05) is 6.07 Å². The molecule has 2 atom stereocenters. The van der Waals surface area contributed by atoms with Crippen LogP contribution < -0.4 is 10.6 Å². The van der Waals surface area contributed by atoms with Crippen LogP contribution in [0.15, 0.2) is 40.3 Å². The summed E-state index contributed by atoms with van der Waals surface area (Å²) < 4.78 is 5.57. The van der Waals surface area contributed by atoms with E-state index in [9.17, 15) is 4.79 Å². The van der Waals surface area contributed by atoms with Crippen LogP contribution >= 0.6 is 11.3 Å². The van der Waals surface area contributed by atoms with Crippen LogP contribution in [0.2, 0.25) is 0 Å². The molecule has 0 unspecified atom stereocenters. The first kappa shape index (κ1) is 16.1. The Balaban J connectivity index is 1.55. The van der Waals surface area contributed by atoms with E-state index in [1.165, 1.54) is 12.8 Å². The molecule has 1 saturated heterocycles. The van der Waals surface area contributed by atoms with E-state index in [1.54, 1.807) is 17.6 Å². The monoisotopic (exact) mass is 333 g/mol. The van der Waals surface area contributed by atoms with Gasteiger partial charge in [0, 0.05) is 11.4 Å². The van der Waals surface area contributed by atoms with Crippen molar-refractivity contribution in [2.75, 3.05) is 19.6 Å². The van der Waals surface area contributed by atoms with Crippen molar-refractivity contribution in [1.29, 1.82) is 0 Å². The van der Waals surface area contributed by atoms with E-state index in [1.807, 2.05) is 36.6 Å². The molecular weight excluding hydrogens is 310 g/mol. The van der Waals surface area contributed by atoms with Crippen LogP contribution in [-0.4, -0.2) is 30.6 Å². The first-order chi connectivity index (χ1) is 11.2. The number of carbonyl (C=O) groups is 1. The molecule has 1 aliphatic rings. The predicted octanol–water partition coefficient (Wildman–Crippen LogP) is 3.54. The molecular formula is C17H23N3O2S. The number of rotatable bonds is 6. The zero-order valence-corrected chi connectivity index (χ0v) is 14.1. The van der Waals surface area contributed by atoms with E-state index in [0.717, 1.165) is 23.7 Å². The molecule has 0 aliphatic carbocycles. The van der Waals surface area contributed by atoms with Crippen molar-refractivity contribution in [3.05, 3.63) is 46.5 Å². The molecule has 23 heavy (non-hydrogen) atoms. The van der Waals surface area contributed by atoms with Gasteiger partial charge in [-0.2, -0.15) is 0 Å². The largest absolute Gasteiger partial charge is 0.468 e. The van der Waals surface area contributed by atoms with Crippen LogP contribution in [0.5, 0.6) is 0 Å². The summed E-state index contributed by atoms with van der Waals surface area (Å²) in [6, 6.07) is 7.90. The number of furan rings is 1. The third-order valence-corrected chi connectivity index (χ3v) is 5.28. The summed E-state index contributed by atoms with van der Waals surface area (Å²) in [5.41, 5.74) is 0. The third-order valence-electron chi connectivity index (χ3n) is 4.23. The lowest BCUT2D eigenvalue weighted by atomic mass is 10.2. The summed E-state index contributed by atoms with van der Waals surface area (Å²) in [6.45, 7) is 4.66. The van der Waals surface area contributed by atoms with Gasteiger partial charge >= 0.3 is 6.03 Å². The number of amides is 2. The summed E-state index contributed by atoms with van der Waals surface area (Å²) in [5, 5.41) is 8.00. The molecule has 5 nitrogen and oxygen atoms in total. The van der Waals surface area contributed by atoms with Crippen molar-refractivity contribution >= 4 is 17.4 Å². The molecule has 0 radical (unpaired) electrons. The second kappa shape index (κ2) is 7.66. The van der Waals surface area contributed by atoms with Crippen molar-refractivity contribution in [2.45, 2.75) is 31.8 Å². The van der Waals surface area contributed by atoms with E-state index in [0.29, 0.717) is 6.54 Å². The van der Waals surface area contributed by atoms with E-state index < -0.39 is 0 Å². The Morgan fingerprint density at radius 3 is 2.83 bits per heavy atom. The van der Waals surface area contributed by atoms with Crippen molar-refractivity contribution < 1.29 is 9.21 Å². The number of nitrogens with one attached hydrogen (secondary N) is 2. The lowest BCUT2D eigenvalue weighted by molar-refractivity contribution is 0.202. The first-order valence-electron chi connectivity index (χ1n) is 8.09. The van der Waals surface area contributed by atoms with Gasteiger partial charge in [0.1, 0.15) is 5.76 Å². The van der Waals surface area contributed by atoms with Crippen molar-refractivity contribution in [1.82, 2.24) is 15.5 Å². The van der Waals surface area contributed by atoms with Crippen molar-refractivity contribution in [3.8, 4) is 0 Å². The predicted molar refractivity (Wildman–Crippen MR) is 91.5 cm³/mol. The highest BCUT2D eigenvalue weighted by Crippen LogP contribution is 2.25. The van der Waals surface area contributed by atoms with Crippen LogP contribution in [0.25, 0.3) is 0 Å². The van der Waals surface area contributed by atoms with Gasteiger partial charge in [0.15, 0.2) is 0 Å².